The molecular formula is C20H24O3. The lowest BCUT2D eigenvalue weighted by atomic mass is 9.94. The molecule has 0 N–H and O–H groups in total. The first-order valence-electron chi connectivity index (χ1n) is 7.74. The highest BCUT2D eigenvalue weighted by Gasteiger charge is 2.11. The van der Waals surface area contributed by atoms with E-state index < -0.39 is 0 Å². The summed E-state index contributed by atoms with van der Waals surface area (Å²) in [6.45, 7) is 9.60. The second-order valence-corrected chi connectivity index (χ2v) is 6.06. The van der Waals surface area contributed by atoms with Gasteiger partial charge in [0.15, 0.2) is 0 Å². The van der Waals surface area contributed by atoms with Crippen LogP contribution >= 0.6 is 0 Å². The Labute approximate surface area is 138 Å². The van der Waals surface area contributed by atoms with Gasteiger partial charge in [-0.2, -0.15) is 0 Å². The van der Waals surface area contributed by atoms with Crippen molar-refractivity contribution in [3.05, 3.63) is 57.6 Å². The molecule has 3 heteroatoms. The average Bonchev–Trinajstić information content (AvgIpc) is 2.47. The SMILES string of the molecule is COc1cc(C)c(Cc2cc(C)c(OC(C)=O)cc2C)cc1C. The van der Waals surface area contributed by atoms with Crippen LogP contribution in [0.2, 0.25) is 0 Å². The third kappa shape index (κ3) is 3.92. The number of methoxy groups -OCH3 is 1. The van der Waals surface area contributed by atoms with Crippen LogP contribution in [-0.2, 0) is 11.2 Å². The van der Waals surface area contributed by atoms with Gasteiger partial charge < -0.3 is 9.47 Å². The monoisotopic (exact) mass is 312 g/mol. The smallest absolute Gasteiger partial charge is 0.308 e. The summed E-state index contributed by atoms with van der Waals surface area (Å²) in [5, 5.41) is 0. The van der Waals surface area contributed by atoms with Crippen LogP contribution in [-0.4, -0.2) is 13.1 Å². The Hall–Kier alpha value is -2.29. The molecule has 122 valence electrons. The average molecular weight is 312 g/mol. The fraction of sp³-hybridized carbons (Fsp3) is 0.350. The highest BCUT2D eigenvalue weighted by Crippen LogP contribution is 2.28. The number of hydrogen-bond donors (Lipinski definition) is 0. The molecule has 0 radical (unpaired) electrons. The van der Waals surface area contributed by atoms with Gasteiger partial charge in [0.2, 0.25) is 0 Å². The maximum absolute atomic E-state index is 11.2. The molecule has 2 rings (SSSR count). The van der Waals surface area contributed by atoms with Gasteiger partial charge in [-0.05, 0) is 79.6 Å². The Bertz CT molecular complexity index is 745. The number of hydrogen-bond acceptors (Lipinski definition) is 3. The van der Waals surface area contributed by atoms with Gasteiger partial charge in [-0.25, -0.2) is 0 Å². The fourth-order valence-corrected chi connectivity index (χ4v) is 2.77. The first kappa shape index (κ1) is 17.1. The molecule has 0 atom stereocenters. The Balaban J connectivity index is 2.36. The summed E-state index contributed by atoms with van der Waals surface area (Å²) in [5.74, 6) is 1.27. The molecule has 0 amide bonds. The minimum Gasteiger partial charge on any atom is -0.496 e. The largest absolute Gasteiger partial charge is 0.496 e. The third-order valence-electron chi connectivity index (χ3n) is 4.12. The van der Waals surface area contributed by atoms with Gasteiger partial charge in [-0.15, -0.1) is 0 Å². The van der Waals surface area contributed by atoms with E-state index >= 15 is 0 Å². The molecule has 0 aromatic heterocycles. The van der Waals surface area contributed by atoms with E-state index in [9.17, 15) is 4.79 Å². The van der Waals surface area contributed by atoms with E-state index in [0.717, 1.165) is 28.9 Å². The van der Waals surface area contributed by atoms with Crippen molar-refractivity contribution in [1.29, 1.82) is 0 Å². The van der Waals surface area contributed by atoms with Crippen LogP contribution in [0.15, 0.2) is 24.3 Å². The lowest BCUT2D eigenvalue weighted by Gasteiger charge is -2.15. The Morgan fingerprint density at radius 1 is 0.826 bits per heavy atom. The number of ether oxygens (including phenoxy) is 2. The van der Waals surface area contributed by atoms with Gasteiger partial charge in [0.05, 0.1) is 7.11 Å². The predicted octanol–water partition coefficient (Wildman–Crippen LogP) is 4.44. The van der Waals surface area contributed by atoms with Crippen LogP contribution in [0.3, 0.4) is 0 Å². The number of esters is 1. The van der Waals surface area contributed by atoms with Gasteiger partial charge in [0.1, 0.15) is 11.5 Å². The second kappa shape index (κ2) is 6.86. The molecule has 3 nitrogen and oxygen atoms in total. The standard InChI is InChI=1S/C20H24O3/c1-12-9-19(22-6)14(3)7-17(12)11-18-8-15(4)20(10-13(18)2)23-16(5)21/h7-10H,11H2,1-6H3. The molecule has 23 heavy (non-hydrogen) atoms. The highest BCUT2D eigenvalue weighted by atomic mass is 16.5. The maximum atomic E-state index is 11.2. The number of aryl methyl sites for hydroxylation is 4. The van der Waals surface area contributed by atoms with E-state index in [1.54, 1.807) is 7.11 Å². The van der Waals surface area contributed by atoms with E-state index in [-0.39, 0.29) is 5.97 Å². The van der Waals surface area contributed by atoms with Crippen molar-refractivity contribution < 1.29 is 14.3 Å². The quantitative estimate of drug-likeness (QED) is 0.618. The zero-order valence-corrected chi connectivity index (χ0v) is 14.7. The topological polar surface area (TPSA) is 35.5 Å². The van der Waals surface area contributed by atoms with Crippen molar-refractivity contribution in [2.45, 2.75) is 41.0 Å². The molecule has 0 saturated heterocycles. The normalized spacial score (nSPS) is 10.5. The van der Waals surface area contributed by atoms with Gasteiger partial charge in [-0.1, -0.05) is 12.1 Å². The molecule has 0 aliphatic carbocycles. The summed E-state index contributed by atoms with van der Waals surface area (Å²) in [7, 11) is 1.70. The van der Waals surface area contributed by atoms with Crippen LogP contribution in [0.5, 0.6) is 11.5 Å². The van der Waals surface area contributed by atoms with Crippen molar-refractivity contribution in [2.75, 3.05) is 7.11 Å². The molecule has 2 aromatic rings. The molecule has 0 saturated carbocycles. The van der Waals surface area contributed by atoms with E-state index in [4.69, 9.17) is 9.47 Å². The van der Waals surface area contributed by atoms with Gasteiger partial charge in [0.25, 0.3) is 0 Å². The zero-order valence-electron chi connectivity index (χ0n) is 14.7. The summed E-state index contributed by atoms with van der Waals surface area (Å²) in [4.78, 5) is 11.2. The van der Waals surface area contributed by atoms with E-state index in [1.165, 1.54) is 23.6 Å². The second-order valence-electron chi connectivity index (χ2n) is 6.06. The summed E-state index contributed by atoms with van der Waals surface area (Å²) >= 11 is 0. The molecule has 0 aliphatic rings. The van der Waals surface area contributed by atoms with Gasteiger partial charge >= 0.3 is 5.97 Å². The summed E-state index contributed by atoms with van der Waals surface area (Å²) in [5.41, 5.74) is 6.98. The minimum absolute atomic E-state index is 0.290. The van der Waals surface area contributed by atoms with Crippen molar-refractivity contribution in [2.24, 2.45) is 0 Å². The van der Waals surface area contributed by atoms with Gasteiger partial charge in [-0.3, -0.25) is 4.79 Å². The number of rotatable bonds is 4. The van der Waals surface area contributed by atoms with Crippen molar-refractivity contribution >= 4 is 5.97 Å². The first-order valence-corrected chi connectivity index (χ1v) is 7.74. The lowest BCUT2D eigenvalue weighted by Crippen LogP contribution is -2.04. The van der Waals surface area contributed by atoms with Crippen LogP contribution in [0.4, 0.5) is 0 Å². The van der Waals surface area contributed by atoms with Crippen LogP contribution in [0.1, 0.15) is 40.3 Å². The van der Waals surface area contributed by atoms with Crippen molar-refractivity contribution in [1.82, 2.24) is 0 Å². The fourth-order valence-electron chi connectivity index (χ4n) is 2.77. The number of carbonyl (C=O) groups is 1. The minimum atomic E-state index is -0.290. The Morgan fingerprint density at radius 2 is 1.30 bits per heavy atom. The van der Waals surface area contributed by atoms with Gasteiger partial charge in [0, 0.05) is 6.92 Å². The predicted molar refractivity (Wildman–Crippen MR) is 92.5 cm³/mol. The van der Waals surface area contributed by atoms with Crippen molar-refractivity contribution in [3.8, 4) is 11.5 Å². The highest BCUT2D eigenvalue weighted by molar-refractivity contribution is 5.70. The first-order chi connectivity index (χ1) is 10.8. The van der Waals surface area contributed by atoms with E-state index in [2.05, 4.69) is 32.0 Å². The lowest BCUT2D eigenvalue weighted by molar-refractivity contribution is -0.131. The summed E-state index contributed by atoms with van der Waals surface area (Å²) < 4.78 is 10.6. The van der Waals surface area contributed by atoms with Crippen LogP contribution < -0.4 is 9.47 Å². The summed E-state index contributed by atoms with van der Waals surface area (Å²) in [6, 6.07) is 8.31. The number of benzene rings is 2. The molecule has 0 fully saturated rings. The molecule has 0 spiro atoms. The van der Waals surface area contributed by atoms with Crippen molar-refractivity contribution in [3.63, 3.8) is 0 Å². The van der Waals surface area contributed by atoms with E-state index in [1.807, 2.05) is 19.9 Å². The van der Waals surface area contributed by atoms with Crippen LogP contribution in [0.25, 0.3) is 0 Å². The molecule has 0 aliphatic heterocycles. The Morgan fingerprint density at radius 3 is 1.78 bits per heavy atom. The zero-order chi connectivity index (χ0) is 17.1. The van der Waals surface area contributed by atoms with E-state index in [0.29, 0.717) is 5.75 Å². The molecule has 0 unspecified atom stereocenters. The maximum Gasteiger partial charge on any atom is 0.308 e. The molecule has 0 heterocycles. The molecule has 0 bridgehead atoms. The number of carbonyl (C=O) groups excluding carboxylic acids is 1. The third-order valence-corrected chi connectivity index (χ3v) is 4.12. The van der Waals surface area contributed by atoms with Crippen LogP contribution in [0, 0.1) is 27.7 Å². The Kier molecular flexibility index (Phi) is 5.09. The summed E-state index contributed by atoms with van der Waals surface area (Å²) in [6.07, 6.45) is 0.851. The molecular weight excluding hydrogens is 288 g/mol. The molecule has 2 aromatic carbocycles.